The molecule has 0 aliphatic heterocycles. The highest BCUT2D eigenvalue weighted by Gasteiger charge is 2.32. The van der Waals surface area contributed by atoms with Crippen molar-refractivity contribution >= 4 is 27.6 Å². The van der Waals surface area contributed by atoms with E-state index in [1.807, 2.05) is 19.1 Å². The maximum atomic E-state index is 13.0. The Morgan fingerprint density at radius 2 is 1.92 bits per heavy atom. The maximum absolute atomic E-state index is 13.0. The van der Waals surface area contributed by atoms with Crippen LogP contribution in [0.4, 0.5) is 0 Å². The Morgan fingerprint density at radius 1 is 1.19 bits per heavy atom. The highest BCUT2D eigenvalue weighted by molar-refractivity contribution is 9.10. The highest BCUT2D eigenvalue weighted by atomic mass is 79.9. The zero-order valence-electron chi connectivity index (χ0n) is 14.9. The van der Waals surface area contributed by atoms with Crippen molar-refractivity contribution in [1.29, 1.82) is 0 Å². The molecular weight excluding hydrogens is 392 g/mol. The number of carbonyl (C=O) groups is 2. The zero-order valence-corrected chi connectivity index (χ0v) is 16.5. The lowest BCUT2D eigenvalue weighted by molar-refractivity contribution is 0.0895. The number of nitrogens with one attached hydrogen (secondary N) is 2. The molecule has 5 heteroatoms. The van der Waals surface area contributed by atoms with Gasteiger partial charge in [-0.3, -0.25) is 9.59 Å². The average molecular weight is 415 g/mol. The van der Waals surface area contributed by atoms with Crippen molar-refractivity contribution in [2.75, 3.05) is 0 Å². The third-order valence-electron chi connectivity index (χ3n) is 5.80. The van der Waals surface area contributed by atoms with Gasteiger partial charge in [-0.1, -0.05) is 34.5 Å². The van der Waals surface area contributed by atoms with Crippen molar-refractivity contribution in [2.24, 2.45) is 5.92 Å². The van der Waals surface area contributed by atoms with E-state index in [2.05, 4.69) is 38.4 Å². The highest BCUT2D eigenvalue weighted by Crippen LogP contribution is 2.38. The lowest BCUT2D eigenvalue weighted by Crippen LogP contribution is -2.36. The Bertz CT molecular complexity index is 850. The Morgan fingerprint density at radius 3 is 2.54 bits per heavy atom. The lowest BCUT2D eigenvalue weighted by Gasteiger charge is -2.34. The number of aromatic amines is 1. The number of aromatic nitrogens is 1. The number of benzene rings is 1. The van der Waals surface area contributed by atoms with Crippen LogP contribution in [-0.4, -0.2) is 16.7 Å². The molecule has 4 nitrogen and oxygen atoms in total. The summed E-state index contributed by atoms with van der Waals surface area (Å²) in [6.07, 6.45) is 5.78. The first-order valence-electron chi connectivity index (χ1n) is 9.35. The van der Waals surface area contributed by atoms with Gasteiger partial charge in [-0.15, -0.1) is 0 Å². The number of H-pyrrole nitrogens is 1. The number of fused-ring (bicyclic) bond motifs is 1. The van der Waals surface area contributed by atoms with Crippen LogP contribution in [0.25, 0.3) is 0 Å². The first-order chi connectivity index (χ1) is 12.5. The number of hydrogen-bond acceptors (Lipinski definition) is 2. The molecule has 0 radical (unpaired) electrons. The van der Waals surface area contributed by atoms with Crippen LogP contribution in [0.3, 0.4) is 0 Å². The molecule has 0 bridgehead atoms. The van der Waals surface area contributed by atoms with Gasteiger partial charge in [0.2, 0.25) is 0 Å². The van der Waals surface area contributed by atoms with E-state index >= 15 is 0 Å². The molecule has 2 aliphatic rings. The fourth-order valence-corrected chi connectivity index (χ4v) is 4.40. The molecule has 4 rings (SSSR count). The Kier molecular flexibility index (Phi) is 4.74. The van der Waals surface area contributed by atoms with E-state index in [0.717, 1.165) is 52.5 Å². The average Bonchev–Trinajstić information content (AvgIpc) is 2.92. The SMILES string of the molecule is Cc1c(C(=O)NC(c2ccc(Br)cc2)C2CCC2)[nH]c2c1C(=O)CCC2. The molecule has 26 heavy (non-hydrogen) atoms. The quantitative estimate of drug-likeness (QED) is 0.748. The summed E-state index contributed by atoms with van der Waals surface area (Å²) in [5, 5.41) is 3.24. The van der Waals surface area contributed by atoms with Gasteiger partial charge in [0.15, 0.2) is 5.78 Å². The second-order valence-corrected chi connectivity index (χ2v) is 8.36. The van der Waals surface area contributed by atoms with Crippen LogP contribution in [0.5, 0.6) is 0 Å². The van der Waals surface area contributed by atoms with E-state index in [1.54, 1.807) is 0 Å². The number of aryl methyl sites for hydroxylation is 1. The van der Waals surface area contributed by atoms with Crippen LogP contribution in [0.15, 0.2) is 28.7 Å². The molecule has 2 aromatic rings. The van der Waals surface area contributed by atoms with Crippen molar-refractivity contribution in [3.05, 3.63) is 56.8 Å². The summed E-state index contributed by atoms with van der Waals surface area (Å²) in [5.41, 5.74) is 4.14. The van der Waals surface area contributed by atoms with E-state index in [9.17, 15) is 9.59 Å². The number of ketones is 1. The molecule has 1 aromatic heterocycles. The van der Waals surface area contributed by atoms with E-state index in [1.165, 1.54) is 6.42 Å². The second kappa shape index (κ2) is 7.03. The molecule has 1 unspecified atom stereocenters. The second-order valence-electron chi connectivity index (χ2n) is 7.45. The van der Waals surface area contributed by atoms with Gasteiger partial charge in [0.1, 0.15) is 5.69 Å². The predicted molar refractivity (Wildman–Crippen MR) is 104 cm³/mol. The van der Waals surface area contributed by atoms with Crippen molar-refractivity contribution in [3.8, 4) is 0 Å². The van der Waals surface area contributed by atoms with Crippen LogP contribution in [0, 0.1) is 12.8 Å². The minimum atomic E-state index is -0.107. The number of carbonyl (C=O) groups excluding carboxylic acids is 2. The van der Waals surface area contributed by atoms with Crippen LogP contribution in [0.1, 0.15) is 75.8 Å². The summed E-state index contributed by atoms with van der Waals surface area (Å²) >= 11 is 3.47. The maximum Gasteiger partial charge on any atom is 0.268 e. The molecule has 2 N–H and O–H groups in total. The molecule has 2 aliphatic carbocycles. The first-order valence-corrected chi connectivity index (χ1v) is 10.1. The molecule has 1 aromatic carbocycles. The van der Waals surface area contributed by atoms with Gasteiger partial charge in [0, 0.05) is 22.2 Å². The van der Waals surface area contributed by atoms with Crippen LogP contribution in [0.2, 0.25) is 0 Å². The van der Waals surface area contributed by atoms with Crippen molar-refractivity contribution in [2.45, 2.75) is 51.5 Å². The van der Waals surface area contributed by atoms with E-state index in [0.29, 0.717) is 18.0 Å². The number of amides is 1. The van der Waals surface area contributed by atoms with E-state index in [4.69, 9.17) is 0 Å². The minimum Gasteiger partial charge on any atom is -0.354 e. The third kappa shape index (κ3) is 3.13. The Hall–Kier alpha value is -1.88. The van der Waals surface area contributed by atoms with Crippen LogP contribution in [-0.2, 0) is 6.42 Å². The summed E-state index contributed by atoms with van der Waals surface area (Å²) in [4.78, 5) is 28.5. The normalized spacial score (nSPS) is 18.2. The molecule has 1 saturated carbocycles. The zero-order chi connectivity index (χ0) is 18.3. The van der Waals surface area contributed by atoms with E-state index < -0.39 is 0 Å². The van der Waals surface area contributed by atoms with E-state index in [-0.39, 0.29) is 17.7 Å². The molecule has 1 atom stereocenters. The summed E-state index contributed by atoms with van der Waals surface area (Å²) in [6.45, 7) is 1.88. The predicted octanol–water partition coefficient (Wildman–Crippen LogP) is 4.88. The van der Waals surface area contributed by atoms with Gasteiger partial charge in [0.05, 0.1) is 6.04 Å². The van der Waals surface area contributed by atoms with Crippen LogP contribution < -0.4 is 5.32 Å². The number of halogens is 1. The fourth-order valence-electron chi connectivity index (χ4n) is 4.13. The van der Waals surface area contributed by atoms with Crippen LogP contribution >= 0.6 is 15.9 Å². The Labute approximate surface area is 161 Å². The van der Waals surface area contributed by atoms with Crippen molar-refractivity contribution in [3.63, 3.8) is 0 Å². The lowest BCUT2D eigenvalue weighted by atomic mass is 9.77. The van der Waals surface area contributed by atoms with Gasteiger partial charge in [-0.25, -0.2) is 0 Å². The molecule has 1 amide bonds. The van der Waals surface area contributed by atoms with Gasteiger partial charge in [0.25, 0.3) is 5.91 Å². The summed E-state index contributed by atoms with van der Waals surface area (Å²) in [7, 11) is 0. The van der Waals surface area contributed by atoms with Gasteiger partial charge < -0.3 is 10.3 Å². The van der Waals surface area contributed by atoms with Crippen molar-refractivity contribution in [1.82, 2.24) is 10.3 Å². The number of rotatable bonds is 4. The summed E-state index contributed by atoms with van der Waals surface area (Å²) < 4.78 is 1.03. The minimum absolute atomic E-state index is 0.0137. The first kappa shape index (κ1) is 17.5. The fraction of sp³-hybridized carbons (Fsp3) is 0.429. The molecule has 0 saturated heterocycles. The molecule has 136 valence electrons. The van der Waals surface area contributed by atoms with Crippen molar-refractivity contribution < 1.29 is 9.59 Å². The smallest absolute Gasteiger partial charge is 0.268 e. The molecule has 0 spiro atoms. The Balaban J connectivity index is 1.61. The summed E-state index contributed by atoms with van der Waals surface area (Å²) in [6, 6.07) is 8.20. The summed E-state index contributed by atoms with van der Waals surface area (Å²) in [5.74, 6) is 0.527. The van der Waals surface area contributed by atoms with Gasteiger partial charge >= 0.3 is 0 Å². The molecular formula is C21H23BrN2O2. The third-order valence-corrected chi connectivity index (χ3v) is 6.33. The monoisotopic (exact) mass is 414 g/mol. The molecule has 1 heterocycles. The number of Topliss-reactive ketones (excluding diaryl/α,β-unsaturated/α-hetero) is 1. The van der Waals surface area contributed by atoms with Gasteiger partial charge in [-0.2, -0.15) is 0 Å². The number of hydrogen-bond donors (Lipinski definition) is 2. The largest absolute Gasteiger partial charge is 0.354 e. The molecule has 1 fully saturated rings. The van der Waals surface area contributed by atoms with Gasteiger partial charge in [-0.05, 0) is 61.8 Å². The standard InChI is InChI=1S/C21H23BrN2O2/c1-12-18-16(6-3-7-17(18)25)23-19(12)21(26)24-20(13-4-2-5-13)14-8-10-15(22)11-9-14/h8-11,13,20,23H,2-7H2,1H3,(H,24,26). The topological polar surface area (TPSA) is 62.0 Å².